The number of anilines is 1. The lowest BCUT2D eigenvalue weighted by atomic mass is 9.99. The van der Waals surface area contributed by atoms with Gasteiger partial charge in [-0.05, 0) is 24.7 Å². The Morgan fingerprint density at radius 1 is 1.24 bits per heavy atom. The van der Waals surface area contributed by atoms with Crippen LogP contribution in [0.15, 0.2) is 24.9 Å². The van der Waals surface area contributed by atoms with Crippen LogP contribution in [0.3, 0.4) is 0 Å². The van der Waals surface area contributed by atoms with Crippen LogP contribution in [-0.2, 0) is 0 Å². The average Bonchev–Trinajstić information content (AvgIpc) is 3.10. The van der Waals surface area contributed by atoms with E-state index in [2.05, 4.69) is 45.9 Å². The van der Waals surface area contributed by atoms with Crippen LogP contribution in [-0.4, -0.2) is 45.1 Å². The molecular weight excluding hydrogens is 316 g/mol. The molecule has 1 N–H and O–H groups in total. The maximum absolute atomic E-state index is 12.1. The van der Waals surface area contributed by atoms with Crippen LogP contribution < -0.4 is 10.2 Å². The smallest absolute Gasteiger partial charge is 0.271 e. The first kappa shape index (κ1) is 17.4. The predicted molar refractivity (Wildman–Crippen MR) is 96.9 cm³/mol. The van der Waals surface area contributed by atoms with E-state index < -0.39 is 0 Å². The summed E-state index contributed by atoms with van der Waals surface area (Å²) in [6.07, 6.45) is 7.27. The number of carbonyl (C=O) groups excluding carboxylic acids is 1. The fourth-order valence-electron chi connectivity index (χ4n) is 2.84. The van der Waals surface area contributed by atoms with Crippen molar-refractivity contribution in [3.05, 3.63) is 30.6 Å². The average molecular weight is 342 g/mol. The highest BCUT2D eigenvalue weighted by Crippen LogP contribution is 2.22. The van der Waals surface area contributed by atoms with Gasteiger partial charge in [0, 0.05) is 31.9 Å². The highest BCUT2D eigenvalue weighted by atomic mass is 16.1. The molecule has 0 radical (unpaired) electrons. The molecule has 25 heavy (non-hydrogen) atoms. The van der Waals surface area contributed by atoms with E-state index in [4.69, 9.17) is 0 Å². The van der Waals surface area contributed by atoms with Crippen LogP contribution in [0.5, 0.6) is 0 Å². The lowest BCUT2D eigenvalue weighted by Crippen LogP contribution is -2.33. The first-order chi connectivity index (χ1) is 12.0. The van der Waals surface area contributed by atoms with Crippen molar-refractivity contribution in [1.29, 1.82) is 0 Å². The van der Waals surface area contributed by atoms with Crippen LogP contribution in [0, 0.1) is 11.8 Å². The molecule has 1 saturated heterocycles. The molecular formula is C18H26N6O. The Bertz CT molecular complexity index is 718. The summed E-state index contributed by atoms with van der Waals surface area (Å²) >= 11 is 0. The summed E-state index contributed by atoms with van der Waals surface area (Å²) in [5, 5.41) is 2.87. The summed E-state index contributed by atoms with van der Waals surface area (Å²) in [4.78, 5) is 27.3. The first-order valence-corrected chi connectivity index (χ1v) is 8.92. The summed E-state index contributed by atoms with van der Waals surface area (Å²) in [7, 11) is 0. The minimum atomic E-state index is -0.160. The van der Waals surface area contributed by atoms with Crippen LogP contribution in [0.1, 0.15) is 44.1 Å². The van der Waals surface area contributed by atoms with E-state index in [0.29, 0.717) is 18.2 Å². The number of imidazole rings is 1. The topological polar surface area (TPSA) is 75.9 Å². The van der Waals surface area contributed by atoms with Gasteiger partial charge in [-0.2, -0.15) is 0 Å². The lowest BCUT2D eigenvalue weighted by molar-refractivity contribution is 0.0944. The van der Waals surface area contributed by atoms with E-state index in [1.807, 2.05) is 6.07 Å². The van der Waals surface area contributed by atoms with Gasteiger partial charge in [0.2, 0.25) is 0 Å². The molecule has 0 unspecified atom stereocenters. The number of amides is 1. The second-order valence-electron chi connectivity index (χ2n) is 7.17. The Morgan fingerprint density at radius 2 is 1.96 bits per heavy atom. The number of nitrogens with zero attached hydrogens (tertiary/aromatic N) is 5. The molecule has 1 amide bonds. The quantitative estimate of drug-likeness (QED) is 0.902. The zero-order valence-electron chi connectivity index (χ0n) is 15.1. The molecule has 3 rings (SSSR count). The largest absolute Gasteiger partial charge is 0.356 e. The number of carbonyl (C=O) groups is 1. The van der Waals surface area contributed by atoms with Gasteiger partial charge in [-0.25, -0.2) is 15.0 Å². The van der Waals surface area contributed by atoms with E-state index in [1.54, 1.807) is 23.4 Å². The molecule has 2 aromatic heterocycles. The van der Waals surface area contributed by atoms with Crippen LogP contribution in [0.25, 0.3) is 5.82 Å². The highest BCUT2D eigenvalue weighted by molar-refractivity contribution is 5.92. The number of nitrogens with one attached hydrogen (secondary N) is 1. The van der Waals surface area contributed by atoms with Gasteiger partial charge in [0.25, 0.3) is 5.91 Å². The molecule has 0 aromatic carbocycles. The third-order valence-electron chi connectivity index (χ3n) is 4.50. The van der Waals surface area contributed by atoms with E-state index in [-0.39, 0.29) is 5.91 Å². The van der Waals surface area contributed by atoms with E-state index in [0.717, 1.165) is 30.6 Å². The maximum Gasteiger partial charge on any atom is 0.271 e. The van der Waals surface area contributed by atoms with Gasteiger partial charge in [-0.1, -0.05) is 20.8 Å². The number of hydrogen-bond acceptors (Lipinski definition) is 5. The minimum Gasteiger partial charge on any atom is -0.356 e. The molecule has 0 saturated carbocycles. The van der Waals surface area contributed by atoms with Crippen LogP contribution >= 0.6 is 0 Å². The third kappa shape index (κ3) is 4.35. The molecule has 7 heteroatoms. The fraction of sp³-hybridized carbons (Fsp3) is 0.556. The fourth-order valence-corrected chi connectivity index (χ4v) is 2.84. The lowest BCUT2D eigenvalue weighted by Gasteiger charge is -2.31. The van der Waals surface area contributed by atoms with Crippen molar-refractivity contribution >= 4 is 11.7 Å². The van der Waals surface area contributed by atoms with Crippen molar-refractivity contribution in [2.24, 2.45) is 11.8 Å². The maximum atomic E-state index is 12.1. The van der Waals surface area contributed by atoms with Crippen molar-refractivity contribution in [3.63, 3.8) is 0 Å². The molecule has 0 spiro atoms. The first-order valence-electron chi connectivity index (χ1n) is 8.92. The van der Waals surface area contributed by atoms with Crippen molar-refractivity contribution in [2.45, 2.75) is 33.6 Å². The van der Waals surface area contributed by atoms with Gasteiger partial charge in [0.05, 0.1) is 0 Å². The van der Waals surface area contributed by atoms with Gasteiger partial charge in [-0.15, -0.1) is 0 Å². The number of aromatic nitrogens is 4. The van der Waals surface area contributed by atoms with Crippen molar-refractivity contribution in [2.75, 3.05) is 24.5 Å². The van der Waals surface area contributed by atoms with Gasteiger partial charge in [-0.3, -0.25) is 9.36 Å². The van der Waals surface area contributed by atoms with Crippen molar-refractivity contribution in [3.8, 4) is 5.82 Å². The van der Waals surface area contributed by atoms with E-state index in [9.17, 15) is 4.79 Å². The molecule has 3 heterocycles. The molecule has 0 atom stereocenters. The molecule has 134 valence electrons. The van der Waals surface area contributed by atoms with Gasteiger partial charge in [0.1, 0.15) is 30.0 Å². The van der Waals surface area contributed by atoms with Crippen molar-refractivity contribution < 1.29 is 4.79 Å². The SMILES string of the molecule is CC(C)CNC(=O)c1cn(-c2cc(N3CCC(C)CC3)ncn2)cn1. The molecule has 1 fully saturated rings. The molecule has 0 aliphatic carbocycles. The monoisotopic (exact) mass is 342 g/mol. The van der Waals surface area contributed by atoms with E-state index >= 15 is 0 Å². The van der Waals surface area contributed by atoms with E-state index in [1.165, 1.54) is 12.8 Å². The minimum absolute atomic E-state index is 0.160. The van der Waals surface area contributed by atoms with Crippen molar-refractivity contribution in [1.82, 2.24) is 24.8 Å². The van der Waals surface area contributed by atoms with Crippen LogP contribution in [0.4, 0.5) is 5.82 Å². The molecule has 2 aromatic rings. The number of rotatable bonds is 5. The third-order valence-corrected chi connectivity index (χ3v) is 4.50. The second kappa shape index (κ2) is 7.63. The highest BCUT2D eigenvalue weighted by Gasteiger charge is 2.18. The van der Waals surface area contributed by atoms with Gasteiger partial charge in [0.15, 0.2) is 0 Å². The number of hydrogen-bond donors (Lipinski definition) is 1. The summed E-state index contributed by atoms with van der Waals surface area (Å²) in [6, 6.07) is 1.95. The Labute approximate surface area is 148 Å². The Balaban J connectivity index is 1.72. The summed E-state index contributed by atoms with van der Waals surface area (Å²) in [6.45, 7) is 9.08. The molecule has 7 nitrogen and oxygen atoms in total. The Kier molecular flexibility index (Phi) is 5.31. The Morgan fingerprint density at radius 3 is 2.68 bits per heavy atom. The molecule has 1 aliphatic rings. The normalized spacial score (nSPS) is 15.6. The molecule has 0 bridgehead atoms. The standard InChI is InChI=1S/C18H26N6O/c1-13(2)9-19-18(25)15-10-24(12-22-15)17-8-16(20-11-21-17)23-6-4-14(3)5-7-23/h8,10-14H,4-7,9H2,1-3H3,(H,19,25). The van der Waals surface area contributed by atoms with Crippen LogP contribution in [0.2, 0.25) is 0 Å². The predicted octanol–water partition coefficient (Wildman–Crippen LogP) is 2.28. The van der Waals surface area contributed by atoms with Gasteiger partial charge < -0.3 is 10.2 Å². The number of piperidine rings is 1. The molecule has 1 aliphatic heterocycles. The van der Waals surface area contributed by atoms with Gasteiger partial charge >= 0.3 is 0 Å². The summed E-state index contributed by atoms with van der Waals surface area (Å²) < 4.78 is 1.77. The summed E-state index contributed by atoms with van der Waals surface area (Å²) in [5.41, 5.74) is 0.396. The zero-order chi connectivity index (χ0) is 17.8. The second-order valence-corrected chi connectivity index (χ2v) is 7.17. The zero-order valence-corrected chi connectivity index (χ0v) is 15.1. The summed E-state index contributed by atoms with van der Waals surface area (Å²) in [5.74, 6) is 2.67. The Hall–Kier alpha value is -2.44.